The summed E-state index contributed by atoms with van der Waals surface area (Å²) in [5.74, 6) is -2.13. The number of rotatable bonds is 7. The highest BCUT2D eigenvalue weighted by Crippen LogP contribution is 2.38. The first-order valence-electron chi connectivity index (χ1n) is 11.8. The minimum absolute atomic E-state index is 0.0389. The molecule has 1 aromatic heterocycles. The lowest BCUT2D eigenvalue weighted by atomic mass is 10.1. The van der Waals surface area contributed by atoms with Gasteiger partial charge in [-0.2, -0.15) is 0 Å². The molecule has 2 aliphatic heterocycles. The number of ether oxygens (including phenoxy) is 3. The molecule has 0 spiro atoms. The van der Waals surface area contributed by atoms with Crippen LogP contribution in [0, 0.1) is 5.92 Å². The number of aromatic nitrogens is 2. The van der Waals surface area contributed by atoms with Crippen molar-refractivity contribution in [2.24, 2.45) is 16.0 Å². The van der Waals surface area contributed by atoms with Crippen LogP contribution >= 0.6 is 0 Å². The first kappa shape index (κ1) is 26.5. The standard InChI is InChI=1S/C24H25N7O7/c1-12(2)22(34)28-17-9-15(33)18-21(27-17)31(11-26-18)23-20(37-13(3)32)19(29-30-25)16(38-23)10-36-24(35)14-7-5-4-6-8-14/h4-8,11-12,16,19-20,23H,9-10H2,1-3H3,(H,27,28,34)/t16-,19-,20-,23-/m1/s1. The first-order valence-corrected chi connectivity index (χ1v) is 11.8. The van der Waals surface area contributed by atoms with Gasteiger partial charge in [0.05, 0.1) is 18.3 Å². The normalized spacial score (nSPS) is 22.2. The summed E-state index contributed by atoms with van der Waals surface area (Å²) in [5, 5.41) is 6.37. The van der Waals surface area contributed by atoms with Gasteiger partial charge in [-0.1, -0.05) is 37.2 Å². The molecule has 1 amide bonds. The fourth-order valence-corrected chi connectivity index (χ4v) is 4.02. The van der Waals surface area contributed by atoms with E-state index in [2.05, 4.69) is 25.3 Å². The number of fused-ring (bicyclic) bond motifs is 1. The zero-order valence-corrected chi connectivity index (χ0v) is 20.8. The van der Waals surface area contributed by atoms with E-state index in [9.17, 15) is 24.7 Å². The number of hydrogen-bond acceptors (Lipinski definition) is 10. The van der Waals surface area contributed by atoms with E-state index in [0.29, 0.717) is 5.56 Å². The fraction of sp³-hybridized carbons (Fsp3) is 0.417. The number of amides is 1. The smallest absolute Gasteiger partial charge is 0.338 e. The Balaban J connectivity index is 1.65. The zero-order valence-electron chi connectivity index (χ0n) is 20.8. The third-order valence-corrected chi connectivity index (χ3v) is 5.85. The zero-order chi connectivity index (χ0) is 27.4. The number of aliphatic imine (C=N–C) groups is 1. The average Bonchev–Trinajstić information content (AvgIpc) is 3.44. The number of azide groups is 1. The number of hydrogen-bond donors (Lipinski definition) is 1. The van der Waals surface area contributed by atoms with Gasteiger partial charge in [0.25, 0.3) is 0 Å². The molecule has 0 unspecified atom stereocenters. The van der Waals surface area contributed by atoms with Crippen molar-refractivity contribution < 1.29 is 33.4 Å². The van der Waals surface area contributed by atoms with Crippen LogP contribution in [-0.4, -0.2) is 63.9 Å². The van der Waals surface area contributed by atoms with Crippen LogP contribution < -0.4 is 5.32 Å². The summed E-state index contributed by atoms with van der Waals surface area (Å²) < 4.78 is 18.3. The van der Waals surface area contributed by atoms with Crippen LogP contribution in [0.4, 0.5) is 5.82 Å². The number of ketones is 1. The van der Waals surface area contributed by atoms with E-state index >= 15 is 0 Å². The lowest BCUT2D eigenvalue weighted by Gasteiger charge is -2.23. The van der Waals surface area contributed by atoms with Gasteiger partial charge in [0.2, 0.25) is 5.91 Å². The third-order valence-electron chi connectivity index (χ3n) is 5.85. The molecule has 0 radical (unpaired) electrons. The predicted octanol–water partition coefficient (Wildman–Crippen LogP) is 2.64. The van der Waals surface area contributed by atoms with Gasteiger partial charge in [0, 0.05) is 17.8 Å². The number of amidine groups is 1. The van der Waals surface area contributed by atoms with Gasteiger partial charge in [-0.15, -0.1) is 0 Å². The number of nitrogens with zero attached hydrogens (tertiary/aromatic N) is 6. The van der Waals surface area contributed by atoms with E-state index in [0.717, 1.165) is 0 Å². The maximum atomic E-state index is 12.7. The Bertz CT molecular complexity index is 1330. The molecule has 14 nitrogen and oxygen atoms in total. The number of esters is 2. The molecule has 2 aliphatic rings. The van der Waals surface area contributed by atoms with Crippen LogP contribution in [0.2, 0.25) is 0 Å². The Hall–Kier alpha value is -4.55. The highest BCUT2D eigenvalue weighted by atomic mass is 16.6. The Kier molecular flexibility index (Phi) is 7.84. The summed E-state index contributed by atoms with van der Waals surface area (Å²) in [6, 6.07) is 7.19. The Morgan fingerprint density at radius 3 is 2.68 bits per heavy atom. The van der Waals surface area contributed by atoms with E-state index in [-0.39, 0.29) is 48.0 Å². The highest BCUT2D eigenvalue weighted by Gasteiger charge is 2.49. The molecule has 14 heteroatoms. The number of carbonyl (C=O) groups excluding carboxylic acids is 4. The minimum Gasteiger partial charge on any atom is -0.459 e. The second kappa shape index (κ2) is 11.2. The molecular formula is C24H25N7O7. The van der Waals surface area contributed by atoms with E-state index < -0.39 is 36.4 Å². The molecule has 1 aromatic carbocycles. The van der Waals surface area contributed by atoms with Gasteiger partial charge in [0.15, 0.2) is 29.6 Å². The molecule has 2 aromatic rings. The van der Waals surface area contributed by atoms with Crippen LogP contribution in [0.5, 0.6) is 0 Å². The lowest BCUT2D eigenvalue weighted by molar-refractivity contribution is -0.152. The van der Waals surface area contributed by atoms with Crippen molar-refractivity contribution in [3.05, 3.63) is 58.4 Å². The molecule has 4 rings (SSSR count). The number of benzene rings is 1. The lowest BCUT2D eigenvalue weighted by Crippen LogP contribution is -2.37. The Labute approximate surface area is 216 Å². The van der Waals surface area contributed by atoms with Gasteiger partial charge < -0.3 is 19.5 Å². The molecule has 3 heterocycles. The van der Waals surface area contributed by atoms with Crippen molar-refractivity contribution >= 4 is 35.3 Å². The summed E-state index contributed by atoms with van der Waals surface area (Å²) in [7, 11) is 0. The predicted molar refractivity (Wildman–Crippen MR) is 130 cm³/mol. The largest absolute Gasteiger partial charge is 0.459 e. The maximum absolute atomic E-state index is 12.7. The second-order valence-corrected chi connectivity index (χ2v) is 8.93. The molecule has 38 heavy (non-hydrogen) atoms. The van der Waals surface area contributed by atoms with Gasteiger partial charge in [0.1, 0.15) is 24.6 Å². The first-order chi connectivity index (χ1) is 18.2. The molecule has 1 fully saturated rings. The minimum atomic E-state index is -1.16. The summed E-state index contributed by atoms with van der Waals surface area (Å²) in [4.78, 5) is 60.7. The number of nitrogens with one attached hydrogen (secondary N) is 1. The van der Waals surface area contributed by atoms with Crippen LogP contribution in [-0.2, 0) is 23.8 Å². The summed E-state index contributed by atoms with van der Waals surface area (Å²) in [5.41, 5.74) is 9.54. The quantitative estimate of drug-likeness (QED) is 0.248. The van der Waals surface area contributed by atoms with Crippen molar-refractivity contribution in [3.63, 3.8) is 0 Å². The monoisotopic (exact) mass is 523 g/mol. The van der Waals surface area contributed by atoms with Gasteiger partial charge in [-0.05, 0) is 17.7 Å². The van der Waals surface area contributed by atoms with Crippen LogP contribution in [0.1, 0.15) is 54.3 Å². The van der Waals surface area contributed by atoms with Crippen LogP contribution in [0.15, 0.2) is 46.8 Å². The van der Waals surface area contributed by atoms with E-state index in [1.807, 2.05) is 0 Å². The molecule has 0 aliphatic carbocycles. The number of imidazole rings is 1. The summed E-state index contributed by atoms with van der Waals surface area (Å²) >= 11 is 0. The van der Waals surface area contributed by atoms with Gasteiger partial charge in [-0.3, -0.25) is 19.0 Å². The topological polar surface area (TPSA) is 187 Å². The molecule has 0 bridgehead atoms. The summed E-state index contributed by atoms with van der Waals surface area (Å²) in [6.45, 7) is 4.26. The Morgan fingerprint density at radius 2 is 2.03 bits per heavy atom. The van der Waals surface area contributed by atoms with Crippen molar-refractivity contribution in [1.82, 2.24) is 14.9 Å². The molecule has 1 saturated heterocycles. The number of Topliss-reactive ketones (excluding diaryl/α,β-unsaturated/α-hetero) is 1. The van der Waals surface area contributed by atoms with Crippen LogP contribution in [0.25, 0.3) is 10.4 Å². The molecule has 0 saturated carbocycles. The molecule has 1 N–H and O–H groups in total. The van der Waals surface area contributed by atoms with Gasteiger partial charge >= 0.3 is 11.9 Å². The molecule has 4 atom stereocenters. The SMILES string of the molecule is CC(=O)O[C@@H]1[C@H](N=[N+]=[N-])[C@@H](COC(=O)c2ccccc2)O[C@H]1n1cnc2c1N=C(NC(=O)C(C)C)CC2=O. The van der Waals surface area contributed by atoms with E-state index in [1.54, 1.807) is 44.2 Å². The molecule has 198 valence electrons. The van der Waals surface area contributed by atoms with Gasteiger partial charge in [-0.25, -0.2) is 14.8 Å². The van der Waals surface area contributed by atoms with Crippen molar-refractivity contribution in [1.29, 1.82) is 0 Å². The summed E-state index contributed by atoms with van der Waals surface area (Å²) in [6.07, 6.45) is -2.17. The highest BCUT2D eigenvalue weighted by molar-refractivity contribution is 6.16. The van der Waals surface area contributed by atoms with Crippen LogP contribution in [0.3, 0.4) is 0 Å². The third kappa shape index (κ3) is 5.56. The fourth-order valence-electron chi connectivity index (χ4n) is 4.02. The maximum Gasteiger partial charge on any atom is 0.338 e. The van der Waals surface area contributed by atoms with Crippen molar-refractivity contribution in [2.75, 3.05) is 6.61 Å². The van der Waals surface area contributed by atoms with Crippen molar-refractivity contribution in [2.45, 2.75) is 51.7 Å². The average molecular weight is 524 g/mol. The second-order valence-electron chi connectivity index (χ2n) is 8.93. The van der Waals surface area contributed by atoms with Crippen molar-refractivity contribution in [3.8, 4) is 0 Å². The van der Waals surface area contributed by atoms with E-state index in [4.69, 9.17) is 14.2 Å². The Morgan fingerprint density at radius 1 is 1.29 bits per heavy atom. The number of carbonyl (C=O) groups is 4. The van der Waals surface area contributed by atoms with E-state index in [1.165, 1.54) is 17.8 Å². The molecular weight excluding hydrogens is 498 g/mol.